The molecule has 1 heterocycles. The van der Waals surface area contributed by atoms with Crippen LogP contribution in [-0.2, 0) is 0 Å². The van der Waals surface area contributed by atoms with Gasteiger partial charge in [0.05, 0.1) is 19.9 Å². The standard InChI is InChI=1S/C13H18N2O2S/c1-9-7-14-13(18-8-9)15-11-6-10(16-2)4-5-12(11)17-3/h4-6,9H,7-8H2,1-3H3,(H,14,15). The van der Waals surface area contributed by atoms with Crippen LogP contribution in [0.5, 0.6) is 11.5 Å². The number of methoxy groups -OCH3 is 2. The summed E-state index contributed by atoms with van der Waals surface area (Å²) in [4.78, 5) is 4.51. The molecule has 0 aromatic heterocycles. The molecule has 1 aliphatic rings. The highest BCUT2D eigenvalue weighted by atomic mass is 32.2. The number of benzene rings is 1. The van der Waals surface area contributed by atoms with E-state index in [0.717, 1.165) is 34.7 Å². The predicted octanol–water partition coefficient (Wildman–Crippen LogP) is 2.85. The molecule has 18 heavy (non-hydrogen) atoms. The Balaban J connectivity index is 2.16. The Bertz CT molecular complexity index is 449. The number of amidine groups is 1. The number of hydrogen-bond acceptors (Lipinski definition) is 5. The number of thioether (sulfide) groups is 1. The number of nitrogens with zero attached hydrogens (tertiary/aromatic N) is 1. The molecule has 0 amide bonds. The van der Waals surface area contributed by atoms with Gasteiger partial charge in [-0.2, -0.15) is 0 Å². The summed E-state index contributed by atoms with van der Waals surface area (Å²) in [5.41, 5.74) is 0.887. The van der Waals surface area contributed by atoms with Crippen LogP contribution in [0.15, 0.2) is 23.2 Å². The smallest absolute Gasteiger partial charge is 0.161 e. The van der Waals surface area contributed by atoms with E-state index in [9.17, 15) is 0 Å². The van der Waals surface area contributed by atoms with Gasteiger partial charge in [-0.05, 0) is 18.1 Å². The van der Waals surface area contributed by atoms with Crippen LogP contribution < -0.4 is 14.8 Å². The van der Waals surface area contributed by atoms with Crippen LogP contribution in [0.25, 0.3) is 0 Å². The van der Waals surface area contributed by atoms with E-state index < -0.39 is 0 Å². The molecule has 2 rings (SSSR count). The first-order chi connectivity index (χ1) is 8.72. The van der Waals surface area contributed by atoms with Crippen molar-refractivity contribution in [1.82, 2.24) is 0 Å². The Hall–Kier alpha value is -1.36. The molecule has 0 spiro atoms. The third-order valence-corrected chi connectivity index (χ3v) is 3.94. The summed E-state index contributed by atoms with van der Waals surface area (Å²) < 4.78 is 10.5. The molecule has 0 saturated heterocycles. The topological polar surface area (TPSA) is 42.9 Å². The second kappa shape index (κ2) is 6.00. The first kappa shape index (κ1) is 13.1. The molecule has 1 atom stereocenters. The zero-order chi connectivity index (χ0) is 13.0. The van der Waals surface area contributed by atoms with Crippen molar-refractivity contribution < 1.29 is 9.47 Å². The van der Waals surface area contributed by atoms with Gasteiger partial charge in [0.2, 0.25) is 0 Å². The highest BCUT2D eigenvalue weighted by Gasteiger charge is 2.14. The van der Waals surface area contributed by atoms with Crippen molar-refractivity contribution in [2.45, 2.75) is 6.92 Å². The molecule has 1 aliphatic heterocycles. The summed E-state index contributed by atoms with van der Waals surface area (Å²) >= 11 is 1.74. The molecular weight excluding hydrogens is 248 g/mol. The van der Waals surface area contributed by atoms with Crippen LogP contribution in [-0.4, -0.2) is 31.7 Å². The minimum atomic E-state index is 0.646. The van der Waals surface area contributed by atoms with Crippen LogP contribution in [0.3, 0.4) is 0 Å². The second-order valence-electron chi connectivity index (χ2n) is 4.25. The molecule has 0 aliphatic carbocycles. The van der Waals surface area contributed by atoms with Crippen molar-refractivity contribution in [2.24, 2.45) is 10.9 Å². The molecule has 0 saturated carbocycles. The number of aliphatic imine (C=N–C) groups is 1. The van der Waals surface area contributed by atoms with Crippen molar-refractivity contribution >= 4 is 22.6 Å². The maximum Gasteiger partial charge on any atom is 0.161 e. The first-order valence-electron chi connectivity index (χ1n) is 5.89. The van der Waals surface area contributed by atoms with Crippen LogP contribution in [0.2, 0.25) is 0 Å². The third kappa shape index (κ3) is 3.10. The maximum absolute atomic E-state index is 5.33. The zero-order valence-corrected chi connectivity index (χ0v) is 11.7. The fourth-order valence-corrected chi connectivity index (χ4v) is 2.56. The Morgan fingerprint density at radius 1 is 1.33 bits per heavy atom. The predicted molar refractivity (Wildman–Crippen MR) is 77.1 cm³/mol. The van der Waals surface area contributed by atoms with Gasteiger partial charge in [0.25, 0.3) is 0 Å². The lowest BCUT2D eigenvalue weighted by molar-refractivity contribution is 0.405. The van der Waals surface area contributed by atoms with E-state index in [1.165, 1.54) is 0 Å². The summed E-state index contributed by atoms with van der Waals surface area (Å²) in [6.45, 7) is 3.08. The summed E-state index contributed by atoms with van der Waals surface area (Å²) in [5, 5.41) is 4.25. The molecule has 1 aromatic rings. The van der Waals surface area contributed by atoms with Crippen LogP contribution in [0.1, 0.15) is 6.92 Å². The summed E-state index contributed by atoms with van der Waals surface area (Å²) in [6, 6.07) is 5.68. The monoisotopic (exact) mass is 266 g/mol. The Labute approximate surface area is 112 Å². The largest absolute Gasteiger partial charge is 0.497 e. The van der Waals surface area contributed by atoms with E-state index in [1.54, 1.807) is 26.0 Å². The fraction of sp³-hybridized carbons (Fsp3) is 0.462. The Morgan fingerprint density at radius 2 is 2.17 bits per heavy atom. The van der Waals surface area contributed by atoms with Gasteiger partial charge in [-0.3, -0.25) is 4.99 Å². The average Bonchev–Trinajstić information content (AvgIpc) is 2.41. The molecule has 1 unspecified atom stereocenters. The van der Waals surface area contributed by atoms with E-state index in [0.29, 0.717) is 5.92 Å². The van der Waals surface area contributed by atoms with Crippen molar-refractivity contribution in [2.75, 3.05) is 31.8 Å². The van der Waals surface area contributed by atoms with Crippen molar-refractivity contribution in [3.8, 4) is 11.5 Å². The Kier molecular flexibility index (Phi) is 4.36. The number of rotatable bonds is 3. The van der Waals surface area contributed by atoms with E-state index in [-0.39, 0.29) is 0 Å². The SMILES string of the molecule is COc1ccc(OC)c(NC2=NCC(C)CS2)c1. The minimum Gasteiger partial charge on any atom is -0.497 e. The van der Waals surface area contributed by atoms with Crippen LogP contribution >= 0.6 is 11.8 Å². The van der Waals surface area contributed by atoms with Gasteiger partial charge in [0.1, 0.15) is 11.5 Å². The molecular formula is C13H18N2O2S. The van der Waals surface area contributed by atoms with E-state index in [2.05, 4.69) is 17.2 Å². The van der Waals surface area contributed by atoms with Gasteiger partial charge in [-0.15, -0.1) is 0 Å². The van der Waals surface area contributed by atoms with Gasteiger partial charge < -0.3 is 14.8 Å². The molecule has 5 heteroatoms. The summed E-state index contributed by atoms with van der Waals surface area (Å²) in [5.74, 6) is 3.33. The van der Waals surface area contributed by atoms with Crippen LogP contribution in [0.4, 0.5) is 5.69 Å². The molecule has 98 valence electrons. The molecule has 1 aromatic carbocycles. The quantitative estimate of drug-likeness (QED) is 0.913. The van der Waals surface area contributed by atoms with Gasteiger partial charge in [-0.1, -0.05) is 18.7 Å². The Morgan fingerprint density at radius 3 is 2.78 bits per heavy atom. The minimum absolute atomic E-state index is 0.646. The number of anilines is 1. The van der Waals surface area contributed by atoms with Gasteiger partial charge in [0.15, 0.2) is 5.17 Å². The van der Waals surface area contributed by atoms with Crippen molar-refractivity contribution in [1.29, 1.82) is 0 Å². The van der Waals surface area contributed by atoms with Crippen LogP contribution in [0, 0.1) is 5.92 Å². The number of ether oxygens (including phenoxy) is 2. The van der Waals surface area contributed by atoms with Crippen molar-refractivity contribution in [3.05, 3.63) is 18.2 Å². The molecule has 0 bridgehead atoms. The third-order valence-electron chi connectivity index (χ3n) is 2.70. The van der Waals surface area contributed by atoms with Gasteiger partial charge in [-0.25, -0.2) is 0 Å². The lowest BCUT2D eigenvalue weighted by Crippen LogP contribution is -2.19. The summed E-state index contributed by atoms with van der Waals surface area (Å²) in [7, 11) is 3.31. The summed E-state index contributed by atoms with van der Waals surface area (Å²) in [6.07, 6.45) is 0. The first-order valence-corrected chi connectivity index (χ1v) is 6.87. The highest BCUT2D eigenvalue weighted by molar-refractivity contribution is 8.14. The lowest BCUT2D eigenvalue weighted by Gasteiger charge is -2.19. The van der Waals surface area contributed by atoms with E-state index in [4.69, 9.17) is 9.47 Å². The van der Waals surface area contributed by atoms with Gasteiger partial charge >= 0.3 is 0 Å². The second-order valence-corrected chi connectivity index (χ2v) is 5.26. The number of nitrogens with one attached hydrogen (secondary N) is 1. The highest BCUT2D eigenvalue weighted by Crippen LogP contribution is 2.30. The average molecular weight is 266 g/mol. The molecule has 0 radical (unpaired) electrons. The van der Waals surface area contributed by atoms with Crippen molar-refractivity contribution in [3.63, 3.8) is 0 Å². The maximum atomic E-state index is 5.33. The van der Waals surface area contributed by atoms with E-state index in [1.807, 2.05) is 18.2 Å². The van der Waals surface area contributed by atoms with Gasteiger partial charge in [0, 0.05) is 18.4 Å². The normalized spacial score (nSPS) is 19.1. The number of hydrogen-bond donors (Lipinski definition) is 1. The molecule has 1 N–H and O–H groups in total. The van der Waals surface area contributed by atoms with E-state index >= 15 is 0 Å². The fourth-order valence-electron chi connectivity index (χ4n) is 1.66. The lowest BCUT2D eigenvalue weighted by atomic mass is 10.2. The molecule has 4 nitrogen and oxygen atoms in total. The zero-order valence-electron chi connectivity index (χ0n) is 10.9. The molecule has 0 fully saturated rings.